The maximum atomic E-state index is 12.9. The zero-order valence-corrected chi connectivity index (χ0v) is 13.9. The predicted octanol–water partition coefficient (Wildman–Crippen LogP) is 2.55. The fourth-order valence-corrected chi connectivity index (χ4v) is 4.98. The van der Waals surface area contributed by atoms with Crippen molar-refractivity contribution in [3.8, 4) is 11.5 Å². The molecule has 0 spiro atoms. The molecule has 1 aromatic carbocycles. The molecule has 0 unspecified atom stereocenters. The first-order valence-corrected chi connectivity index (χ1v) is 8.13. The monoisotopic (exact) mass is 317 g/mol. The van der Waals surface area contributed by atoms with Gasteiger partial charge < -0.3 is 19.1 Å². The Morgan fingerprint density at radius 2 is 2.13 bits per heavy atom. The Hall–Kier alpha value is -1.75. The third-order valence-electron chi connectivity index (χ3n) is 5.74. The quantitative estimate of drug-likeness (QED) is 0.859. The van der Waals surface area contributed by atoms with Crippen molar-refractivity contribution in [3.05, 3.63) is 23.8 Å². The van der Waals surface area contributed by atoms with Crippen molar-refractivity contribution in [3.63, 3.8) is 0 Å². The van der Waals surface area contributed by atoms with Crippen LogP contribution in [-0.4, -0.2) is 44.4 Å². The van der Waals surface area contributed by atoms with Gasteiger partial charge in [-0.1, -0.05) is 13.8 Å². The second-order valence-electron chi connectivity index (χ2n) is 7.77. The molecule has 1 aromatic rings. The van der Waals surface area contributed by atoms with Gasteiger partial charge in [0.25, 0.3) is 5.91 Å². The molecule has 23 heavy (non-hydrogen) atoms. The van der Waals surface area contributed by atoms with Gasteiger partial charge in [0.15, 0.2) is 11.5 Å². The van der Waals surface area contributed by atoms with Gasteiger partial charge in [0, 0.05) is 31.2 Å². The normalized spacial score (nSPS) is 30.0. The van der Waals surface area contributed by atoms with Crippen molar-refractivity contribution in [1.82, 2.24) is 4.90 Å². The molecule has 1 saturated carbocycles. The maximum absolute atomic E-state index is 12.9. The van der Waals surface area contributed by atoms with Crippen LogP contribution in [0.4, 0.5) is 0 Å². The van der Waals surface area contributed by atoms with Crippen molar-refractivity contribution in [2.24, 2.45) is 16.7 Å². The predicted molar refractivity (Wildman–Crippen MR) is 84.7 cm³/mol. The lowest BCUT2D eigenvalue weighted by Crippen LogP contribution is -2.55. The summed E-state index contributed by atoms with van der Waals surface area (Å²) in [5, 5.41) is 0. The highest BCUT2D eigenvalue weighted by Gasteiger charge is 2.63. The van der Waals surface area contributed by atoms with E-state index in [1.54, 1.807) is 13.2 Å². The molecule has 0 bridgehead atoms. The summed E-state index contributed by atoms with van der Waals surface area (Å²) in [4.78, 5) is 14.9. The molecular formula is C18H23NO4. The zero-order valence-electron chi connectivity index (χ0n) is 13.9. The van der Waals surface area contributed by atoms with Crippen LogP contribution in [0.5, 0.6) is 11.5 Å². The number of hydrogen-bond donors (Lipinski definition) is 0. The van der Waals surface area contributed by atoms with E-state index in [2.05, 4.69) is 13.8 Å². The third-order valence-corrected chi connectivity index (χ3v) is 5.74. The number of ether oxygens (including phenoxy) is 3. The minimum atomic E-state index is 0.0731. The summed E-state index contributed by atoms with van der Waals surface area (Å²) >= 11 is 0. The third kappa shape index (κ3) is 2.13. The highest BCUT2D eigenvalue weighted by Crippen LogP contribution is 2.62. The lowest BCUT2D eigenvalue weighted by molar-refractivity contribution is -0.107. The average Bonchev–Trinajstić information content (AvgIpc) is 3.08. The molecule has 5 nitrogen and oxygen atoms in total. The maximum Gasteiger partial charge on any atom is 0.254 e. The number of fused-ring (bicyclic) bond motifs is 2. The highest BCUT2D eigenvalue weighted by atomic mass is 16.7. The zero-order chi connectivity index (χ0) is 16.2. The van der Waals surface area contributed by atoms with Gasteiger partial charge in [0.1, 0.15) is 0 Å². The highest BCUT2D eigenvalue weighted by molar-refractivity contribution is 5.95. The van der Waals surface area contributed by atoms with Crippen LogP contribution < -0.4 is 9.47 Å². The van der Waals surface area contributed by atoms with Crippen LogP contribution in [-0.2, 0) is 4.74 Å². The number of rotatable bonds is 3. The largest absolute Gasteiger partial charge is 0.454 e. The minimum Gasteiger partial charge on any atom is -0.454 e. The lowest BCUT2D eigenvalue weighted by atomic mass is 9.48. The molecule has 1 saturated heterocycles. The standard InChI is InChI=1S/C18H23NO4/c1-17(2)8-18(10-21-3)9-19(7-15(17)18)16(20)12-4-5-13-14(6-12)23-11-22-13/h4-6,15H,7-11H2,1-3H3/t15-,18-/m1/s1. The van der Waals surface area contributed by atoms with E-state index in [0.29, 0.717) is 23.0 Å². The van der Waals surface area contributed by atoms with Crippen LogP contribution in [0.15, 0.2) is 18.2 Å². The summed E-state index contributed by atoms with van der Waals surface area (Å²) in [6.07, 6.45) is 1.11. The molecular weight excluding hydrogens is 294 g/mol. The van der Waals surface area contributed by atoms with Gasteiger partial charge in [0.2, 0.25) is 6.79 Å². The first-order valence-electron chi connectivity index (χ1n) is 8.13. The summed E-state index contributed by atoms with van der Waals surface area (Å²) in [5.74, 6) is 1.95. The van der Waals surface area contributed by atoms with Gasteiger partial charge in [-0.3, -0.25) is 4.79 Å². The number of methoxy groups -OCH3 is 1. The van der Waals surface area contributed by atoms with E-state index in [1.807, 2.05) is 17.0 Å². The van der Waals surface area contributed by atoms with Crippen molar-refractivity contribution in [2.45, 2.75) is 20.3 Å². The molecule has 2 heterocycles. The van der Waals surface area contributed by atoms with Crippen molar-refractivity contribution < 1.29 is 19.0 Å². The van der Waals surface area contributed by atoms with Crippen LogP contribution in [0.3, 0.4) is 0 Å². The van der Waals surface area contributed by atoms with Crippen LogP contribution in [0, 0.1) is 16.7 Å². The van der Waals surface area contributed by atoms with Gasteiger partial charge in [-0.25, -0.2) is 0 Å². The van der Waals surface area contributed by atoms with Gasteiger partial charge >= 0.3 is 0 Å². The SMILES string of the molecule is COC[C@@]12CN(C(=O)c3ccc4c(c3)OCO4)C[C@@H]1C(C)(C)C2. The Balaban J connectivity index is 1.56. The minimum absolute atomic E-state index is 0.0731. The summed E-state index contributed by atoms with van der Waals surface area (Å²) in [7, 11) is 1.75. The van der Waals surface area contributed by atoms with E-state index in [9.17, 15) is 4.79 Å². The molecule has 0 N–H and O–H groups in total. The summed E-state index contributed by atoms with van der Waals surface area (Å²) < 4.78 is 16.2. The van der Waals surface area contributed by atoms with E-state index < -0.39 is 0 Å². The van der Waals surface area contributed by atoms with Crippen LogP contribution >= 0.6 is 0 Å². The Morgan fingerprint density at radius 3 is 2.87 bits per heavy atom. The van der Waals surface area contributed by atoms with Gasteiger partial charge in [-0.15, -0.1) is 0 Å². The second kappa shape index (κ2) is 4.87. The van der Waals surface area contributed by atoms with Crippen molar-refractivity contribution in [1.29, 1.82) is 0 Å². The molecule has 2 fully saturated rings. The van der Waals surface area contributed by atoms with Crippen LogP contribution in [0.1, 0.15) is 30.6 Å². The van der Waals surface area contributed by atoms with E-state index in [4.69, 9.17) is 14.2 Å². The molecule has 2 atom stereocenters. The number of carbonyl (C=O) groups excluding carboxylic acids is 1. The summed E-state index contributed by atoms with van der Waals surface area (Å²) in [6.45, 7) is 7.13. The van der Waals surface area contributed by atoms with E-state index in [1.165, 1.54) is 0 Å². The smallest absolute Gasteiger partial charge is 0.254 e. The molecule has 5 heteroatoms. The first kappa shape index (κ1) is 14.8. The molecule has 124 valence electrons. The fraction of sp³-hybridized carbons (Fsp3) is 0.611. The first-order chi connectivity index (χ1) is 11.0. The molecule has 1 amide bonds. The second-order valence-corrected chi connectivity index (χ2v) is 7.77. The molecule has 1 aliphatic carbocycles. The lowest BCUT2D eigenvalue weighted by Gasteiger charge is -2.56. The Morgan fingerprint density at radius 1 is 1.35 bits per heavy atom. The molecule has 0 aromatic heterocycles. The number of likely N-dealkylation sites (tertiary alicyclic amines) is 1. The number of benzene rings is 1. The molecule has 3 aliphatic rings. The molecule has 4 rings (SSSR count). The van der Waals surface area contributed by atoms with Gasteiger partial charge in [-0.05, 0) is 36.0 Å². The van der Waals surface area contributed by atoms with Crippen molar-refractivity contribution >= 4 is 5.91 Å². The van der Waals surface area contributed by atoms with Gasteiger partial charge in [0.05, 0.1) is 6.61 Å². The fourth-order valence-electron chi connectivity index (χ4n) is 4.98. The Bertz CT molecular complexity index is 656. The molecule has 2 aliphatic heterocycles. The number of nitrogens with zero attached hydrogens (tertiary/aromatic N) is 1. The van der Waals surface area contributed by atoms with E-state index >= 15 is 0 Å². The average molecular weight is 317 g/mol. The van der Waals surface area contributed by atoms with Crippen LogP contribution in [0.25, 0.3) is 0 Å². The number of carbonyl (C=O) groups is 1. The van der Waals surface area contributed by atoms with Gasteiger partial charge in [-0.2, -0.15) is 0 Å². The van der Waals surface area contributed by atoms with E-state index in [-0.39, 0.29) is 23.5 Å². The topological polar surface area (TPSA) is 48.0 Å². The Kier molecular flexibility index (Phi) is 3.14. The Labute approximate surface area is 136 Å². The van der Waals surface area contributed by atoms with E-state index in [0.717, 1.165) is 26.1 Å². The number of amides is 1. The van der Waals surface area contributed by atoms with Crippen LogP contribution in [0.2, 0.25) is 0 Å². The molecule has 0 radical (unpaired) electrons. The number of hydrogen-bond acceptors (Lipinski definition) is 4. The summed E-state index contributed by atoms with van der Waals surface area (Å²) in [6, 6.07) is 5.43. The van der Waals surface area contributed by atoms with Crippen molar-refractivity contribution in [2.75, 3.05) is 33.6 Å². The summed E-state index contributed by atoms with van der Waals surface area (Å²) in [5.41, 5.74) is 1.08.